The number of rotatable bonds is 7. The highest BCUT2D eigenvalue weighted by Gasteiger charge is 2.19. The summed E-state index contributed by atoms with van der Waals surface area (Å²) in [6.45, 7) is 2.09. The van der Waals surface area contributed by atoms with Crippen molar-refractivity contribution in [3.05, 3.63) is 24.3 Å². The summed E-state index contributed by atoms with van der Waals surface area (Å²) in [7, 11) is 0. The highest BCUT2D eigenvalue weighted by molar-refractivity contribution is 8.00. The van der Waals surface area contributed by atoms with Crippen LogP contribution in [0.2, 0.25) is 0 Å². The van der Waals surface area contributed by atoms with E-state index in [0.717, 1.165) is 19.3 Å². The number of hydrogen-bond acceptors (Lipinski definition) is 3. The number of unbranched alkanes of at least 4 members (excludes halogenated alkanes) is 2. The maximum atomic E-state index is 11.1. The third-order valence-corrected chi connectivity index (χ3v) is 3.80. The largest absolute Gasteiger partial charge is 0.507 e. The van der Waals surface area contributed by atoms with Crippen LogP contribution >= 0.6 is 11.8 Å². The molecule has 0 radical (unpaired) electrons. The highest BCUT2D eigenvalue weighted by atomic mass is 32.2. The van der Waals surface area contributed by atoms with E-state index in [1.165, 1.54) is 11.8 Å². The second-order valence-corrected chi connectivity index (χ2v) is 5.15. The van der Waals surface area contributed by atoms with E-state index >= 15 is 0 Å². The molecule has 0 saturated carbocycles. The molecule has 3 nitrogen and oxygen atoms in total. The van der Waals surface area contributed by atoms with Gasteiger partial charge in [-0.2, -0.15) is 0 Å². The summed E-state index contributed by atoms with van der Waals surface area (Å²) >= 11 is 1.22. The number of phenols is 1. The lowest BCUT2D eigenvalue weighted by Crippen LogP contribution is -2.16. The molecule has 4 heteroatoms. The molecule has 17 heavy (non-hydrogen) atoms. The number of aliphatic carboxylic acids is 1. The molecule has 0 aliphatic carbocycles. The molecule has 1 unspecified atom stereocenters. The summed E-state index contributed by atoms with van der Waals surface area (Å²) in [6, 6.07) is 6.85. The Morgan fingerprint density at radius 2 is 2.06 bits per heavy atom. The highest BCUT2D eigenvalue weighted by Crippen LogP contribution is 2.33. The molecule has 2 N–H and O–H groups in total. The smallest absolute Gasteiger partial charge is 0.316 e. The van der Waals surface area contributed by atoms with Gasteiger partial charge < -0.3 is 10.2 Å². The van der Waals surface area contributed by atoms with Crippen LogP contribution in [-0.4, -0.2) is 21.4 Å². The van der Waals surface area contributed by atoms with Crippen LogP contribution in [0, 0.1) is 0 Å². The molecule has 1 aromatic carbocycles. The Bertz CT molecular complexity index is 365. The Labute approximate surface area is 106 Å². The first-order chi connectivity index (χ1) is 8.15. The van der Waals surface area contributed by atoms with Crippen LogP contribution in [0.25, 0.3) is 0 Å². The van der Waals surface area contributed by atoms with Crippen LogP contribution in [0.15, 0.2) is 29.2 Å². The third kappa shape index (κ3) is 4.69. The minimum Gasteiger partial charge on any atom is -0.507 e. The van der Waals surface area contributed by atoms with Gasteiger partial charge in [-0.25, -0.2) is 0 Å². The zero-order chi connectivity index (χ0) is 12.7. The predicted octanol–water partition coefficient (Wildman–Crippen LogP) is 3.52. The van der Waals surface area contributed by atoms with Gasteiger partial charge in [-0.3, -0.25) is 4.79 Å². The molecule has 1 aromatic rings. The molecule has 1 rings (SSSR count). The van der Waals surface area contributed by atoms with Crippen molar-refractivity contribution in [2.75, 3.05) is 0 Å². The van der Waals surface area contributed by atoms with E-state index in [9.17, 15) is 9.90 Å². The summed E-state index contributed by atoms with van der Waals surface area (Å²) in [4.78, 5) is 11.7. The molecular formula is C13H18O3S. The van der Waals surface area contributed by atoms with Gasteiger partial charge in [0.2, 0.25) is 0 Å². The van der Waals surface area contributed by atoms with Crippen molar-refractivity contribution in [3.8, 4) is 5.75 Å². The predicted molar refractivity (Wildman–Crippen MR) is 69.5 cm³/mol. The van der Waals surface area contributed by atoms with Crippen LogP contribution in [0.1, 0.15) is 32.6 Å². The van der Waals surface area contributed by atoms with Crippen molar-refractivity contribution in [2.24, 2.45) is 0 Å². The second kappa shape index (κ2) is 7.22. The number of carboxylic acids is 1. The van der Waals surface area contributed by atoms with Gasteiger partial charge in [0.25, 0.3) is 0 Å². The Morgan fingerprint density at radius 3 is 2.65 bits per heavy atom. The lowest BCUT2D eigenvalue weighted by Gasteiger charge is -2.12. The molecule has 0 fully saturated rings. The summed E-state index contributed by atoms with van der Waals surface area (Å²) in [5.41, 5.74) is 0. The number of carbonyl (C=O) groups is 1. The average Bonchev–Trinajstić information content (AvgIpc) is 2.30. The zero-order valence-corrected chi connectivity index (χ0v) is 10.7. The maximum absolute atomic E-state index is 11.1. The van der Waals surface area contributed by atoms with E-state index in [1.807, 2.05) is 0 Å². The Kier molecular flexibility index (Phi) is 5.91. The van der Waals surface area contributed by atoms with Gasteiger partial charge in [0.15, 0.2) is 0 Å². The molecule has 0 aliphatic rings. The number of carboxylic acid groups (broad SMARTS) is 1. The SMILES string of the molecule is CCCCCC(Sc1ccccc1O)C(=O)O. The second-order valence-electron chi connectivity index (χ2n) is 3.91. The van der Waals surface area contributed by atoms with Gasteiger partial charge in [0, 0.05) is 4.90 Å². The Hall–Kier alpha value is -1.16. The van der Waals surface area contributed by atoms with Crippen molar-refractivity contribution in [2.45, 2.75) is 42.8 Å². The maximum Gasteiger partial charge on any atom is 0.316 e. The zero-order valence-electron chi connectivity index (χ0n) is 9.93. The van der Waals surface area contributed by atoms with Crippen molar-refractivity contribution in [1.29, 1.82) is 0 Å². The molecule has 0 amide bonds. The number of phenolic OH excluding ortho intramolecular Hbond substituents is 1. The van der Waals surface area contributed by atoms with Gasteiger partial charge in [-0.05, 0) is 18.6 Å². The third-order valence-electron chi connectivity index (χ3n) is 2.48. The fourth-order valence-electron chi connectivity index (χ4n) is 1.52. The van der Waals surface area contributed by atoms with E-state index in [1.54, 1.807) is 24.3 Å². The van der Waals surface area contributed by atoms with Crippen LogP contribution in [0.4, 0.5) is 0 Å². The minimum atomic E-state index is -0.811. The van der Waals surface area contributed by atoms with Crippen LogP contribution in [0.3, 0.4) is 0 Å². The molecule has 0 heterocycles. The molecule has 94 valence electrons. The van der Waals surface area contributed by atoms with Crippen molar-refractivity contribution in [3.63, 3.8) is 0 Å². The molecule has 0 spiro atoms. The lowest BCUT2D eigenvalue weighted by molar-refractivity contribution is -0.136. The van der Waals surface area contributed by atoms with Gasteiger partial charge in [0.05, 0.1) is 0 Å². The first kappa shape index (κ1) is 13.9. The summed E-state index contributed by atoms with van der Waals surface area (Å²) < 4.78 is 0. The van der Waals surface area contributed by atoms with E-state index in [-0.39, 0.29) is 5.75 Å². The van der Waals surface area contributed by atoms with E-state index in [4.69, 9.17) is 5.11 Å². The van der Waals surface area contributed by atoms with Crippen LogP contribution in [-0.2, 0) is 4.79 Å². The number of benzene rings is 1. The van der Waals surface area contributed by atoms with E-state index < -0.39 is 11.2 Å². The summed E-state index contributed by atoms with van der Waals surface area (Å²) in [6.07, 6.45) is 3.68. The van der Waals surface area contributed by atoms with Gasteiger partial charge in [-0.15, -0.1) is 11.8 Å². The van der Waals surface area contributed by atoms with Gasteiger partial charge in [-0.1, -0.05) is 38.3 Å². The summed E-state index contributed by atoms with van der Waals surface area (Å²) in [5.74, 6) is -0.659. The molecular weight excluding hydrogens is 236 g/mol. The number of aromatic hydroxyl groups is 1. The van der Waals surface area contributed by atoms with Crippen LogP contribution in [0.5, 0.6) is 5.75 Å². The first-order valence-electron chi connectivity index (χ1n) is 5.82. The first-order valence-corrected chi connectivity index (χ1v) is 6.70. The standard InChI is InChI=1S/C13H18O3S/c1-2-3-4-9-12(13(15)16)17-11-8-6-5-7-10(11)14/h5-8,12,14H,2-4,9H2,1H3,(H,15,16). The molecule has 0 saturated heterocycles. The fourth-order valence-corrected chi connectivity index (χ4v) is 2.56. The average molecular weight is 254 g/mol. The summed E-state index contributed by atoms with van der Waals surface area (Å²) in [5, 5.41) is 18.2. The van der Waals surface area contributed by atoms with E-state index in [2.05, 4.69) is 6.92 Å². The van der Waals surface area contributed by atoms with Crippen molar-refractivity contribution in [1.82, 2.24) is 0 Å². The fraction of sp³-hybridized carbons (Fsp3) is 0.462. The molecule has 1 atom stereocenters. The normalized spacial score (nSPS) is 12.3. The number of hydrogen-bond donors (Lipinski definition) is 2. The van der Waals surface area contributed by atoms with Gasteiger partial charge >= 0.3 is 5.97 Å². The van der Waals surface area contributed by atoms with E-state index in [0.29, 0.717) is 11.3 Å². The Balaban J connectivity index is 2.61. The monoisotopic (exact) mass is 254 g/mol. The quantitative estimate of drug-likeness (QED) is 0.577. The minimum absolute atomic E-state index is 0.152. The Morgan fingerprint density at radius 1 is 1.35 bits per heavy atom. The van der Waals surface area contributed by atoms with Crippen LogP contribution < -0.4 is 0 Å². The van der Waals surface area contributed by atoms with Gasteiger partial charge in [0.1, 0.15) is 11.0 Å². The molecule has 0 aromatic heterocycles. The number of para-hydroxylation sites is 1. The molecule has 0 bridgehead atoms. The number of thioether (sulfide) groups is 1. The topological polar surface area (TPSA) is 57.5 Å². The molecule has 0 aliphatic heterocycles. The lowest BCUT2D eigenvalue weighted by atomic mass is 10.1. The van der Waals surface area contributed by atoms with Crippen molar-refractivity contribution < 1.29 is 15.0 Å². The van der Waals surface area contributed by atoms with Crippen molar-refractivity contribution >= 4 is 17.7 Å².